The molecule has 0 spiro atoms. The first-order valence-corrected chi connectivity index (χ1v) is 13.7. The van der Waals surface area contributed by atoms with Gasteiger partial charge in [-0.15, -0.1) is 0 Å². The number of halogens is 1. The Kier molecular flexibility index (Phi) is 10.2. The molecule has 0 unspecified atom stereocenters. The highest BCUT2D eigenvalue weighted by molar-refractivity contribution is 7.92. The molecule has 12 heteroatoms. The number of nitrogens with zero attached hydrogens (tertiary/aromatic N) is 3. The summed E-state index contributed by atoms with van der Waals surface area (Å²) in [5, 5.41) is 14.5. The summed E-state index contributed by atoms with van der Waals surface area (Å²) >= 11 is 6.32. The van der Waals surface area contributed by atoms with Crippen molar-refractivity contribution < 1.29 is 22.9 Å². The Bertz CT molecular complexity index is 1210. The van der Waals surface area contributed by atoms with Crippen molar-refractivity contribution in [3.8, 4) is 0 Å². The van der Waals surface area contributed by atoms with Gasteiger partial charge in [-0.25, -0.2) is 8.42 Å². The second-order valence-corrected chi connectivity index (χ2v) is 10.7. The van der Waals surface area contributed by atoms with E-state index in [1.165, 1.54) is 23.1 Å². The van der Waals surface area contributed by atoms with Gasteiger partial charge >= 0.3 is 0 Å². The molecule has 0 heterocycles. The monoisotopic (exact) mass is 538 g/mol. The maximum Gasteiger partial charge on any atom is 0.271 e. The number of carbonyl (C=O) groups is 2. The van der Waals surface area contributed by atoms with Crippen LogP contribution in [0.5, 0.6) is 0 Å². The highest BCUT2D eigenvalue weighted by atomic mass is 35.5. The summed E-state index contributed by atoms with van der Waals surface area (Å²) < 4.78 is 26.0. The summed E-state index contributed by atoms with van der Waals surface area (Å²) in [7, 11) is -4.01. The molecule has 0 aliphatic carbocycles. The maximum atomic E-state index is 13.6. The topological polar surface area (TPSA) is 130 Å². The molecular weight excluding hydrogens is 508 g/mol. The molecule has 1 N–H and O–H groups in total. The fourth-order valence-corrected chi connectivity index (χ4v) is 4.58. The van der Waals surface area contributed by atoms with Gasteiger partial charge in [-0.05, 0) is 37.5 Å². The molecule has 196 valence electrons. The number of sulfonamides is 1. The summed E-state index contributed by atoms with van der Waals surface area (Å²) in [6, 6.07) is 10.9. The molecule has 0 aliphatic heterocycles. The molecule has 2 aromatic rings. The smallest absolute Gasteiger partial charge is 0.271 e. The van der Waals surface area contributed by atoms with Gasteiger partial charge in [-0.1, -0.05) is 49.7 Å². The fraction of sp³-hybridized carbons (Fsp3) is 0.417. The Morgan fingerprint density at radius 2 is 1.78 bits per heavy atom. The number of nitro groups is 1. The van der Waals surface area contributed by atoms with Gasteiger partial charge in [0.05, 0.1) is 16.9 Å². The van der Waals surface area contributed by atoms with Crippen LogP contribution in [0.4, 0.5) is 11.4 Å². The summed E-state index contributed by atoms with van der Waals surface area (Å²) in [6.07, 6.45) is 1.87. The zero-order valence-corrected chi connectivity index (χ0v) is 22.3. The molecule has 2 amide bonds. The van der Waals surface area contributed by atoms with E-state index in [-0.39, 0.29) is 36.3 Å². The Morgan fingerprint density at radius 3 is 2.33 bits per heavy atom. The van der Waals surface area contributed by atoms with Crippen LogP contribution in [-0.4, -0.2) is 54.9 Å². The van der Waals surface area contributed by atoms with Gasteiger partial charge in [-0.2, -0.15) is 0 Å². The summed E-state index contributed by atoms with van der Waals surface area (Å²) in [6.45, 7) is 4.83. The standard InChI is InChI=1S/C24H31ClN4O6S/c1-5-17(3)26-24(31)22(6-2)27(15-18-10-7-8-13-21(18)25)23(30)16-28(36(4,34)35)19-11-9-12-20(14-19)29(32)33/h7-14,17,22H,5-6,15-16H2,1-4H3,(H,26,31)/t17-,22-/m0/s1. The summed E-state index contributed by atoms with van der Waals surface area (Å²) in [5.41, 5.74) is 0.235. The van der Waals surface area contributed by atoms with E-state index in [0.717, 1.165) is 16.6 Å². The number of nitro benzene ring substituents is 1. The minimum absolute atomic E-state index is 0.0303. The third-order valence-electron chi connectivity index (χ3n) is 5.69. The van der Waals surface area contributed by atoms with E-state index in [2.05, 4.69) is 5.32 Å². The number of benzene rings is 2. The van der Waals surface area contributed by atoms with Gasteiger partial charge in [0.15, 0.2) is 0 Å². The van der Waals surface area contributed by atoms with E-state index in [0.29, 0.717) is 17.0 Å². The van der Waals surface area contributed by atoms with Crippen LogP contribution in [0.1, 0.15) is 39.2 Å². The lowest BCUT2D eigenvalue weighted by Gasteiger charge is -2.33. The van der Waals surface area contributed by atoms with Gasteiger partial charge in [0.1, 0.15) is 12.6 Å². The minimum atomic E-state index is -4.01. The number of hydrogen-bond donors (Lipinski definition) is 1. The number of rotatable bonds is 12. The molecule has 2 rings (SSSR count). The van der Waals surface area contributed by atoms with E-state index >= 15 is 0 Å². The average Bonchev–Trinajstić information content (AvgIpc) is 2.82. The van der Waals surface area contributed by atoms with E-state index in [1.807, 2.05) is 13.8 Å². The van der Waals surface area contributed by atoms with Crippen LogP contribution in [0.25, 0.3) is 0 Å². The lowest BCUT2D eigenvalue weighted by atomic mass is 10.1. The molecule has 0 fully saturated rings. The lowest BCUT2D eigenvalue weighted by Crippen LogP contribution is -2.53. The number of hydrogen-bond acceptors (Lipinski definition) is 6. The van der Waals surface area contributed by atoms with Crippen LogP contribution in [-0.2, 0) is 26.2 Å². The predicted octanol–water partition coefficient (Wildman–Crippen LogP) is 3.74. The normalized spacial score (nSPS) is 12.9. The predicted molar refractivity (Wildman–Crippen MR) is 139 cm³/mol. The average molecular weight is 539 g/mol. The molecule has 10 nitrogen and oxygen atoms in total. The van der Waals surface area contributed by atoms with Crippen LogP contribution in [0.3, 0.4) is 0 Å². The van der Waals surface area contributed by atoms with Crippen LogP contribution >= 0.6 is 11.6 Å². The molecule has 0 aromatic heterocycles. The van der Waals surface area contributed by atoms with Gasteiger partial charge in [0, 0.05) is 29.7 Å². The van der Waals surface area contributed by atoms with Gasteiger partial charge in [0.2, 0.25) is 21.8 Å². The van der Waals surface area contributed by atoms with Crippen molar-refractivity contribution in [2.45, 2.75) is 52.2 Å². The van der Waals surface area contributed by atoms with Crippen molar-refractivity contribution in [1.29, 1.82) is 0 Å². The maximum absolute atomic E-state index is 13.6. The van der Waals surface area contributed by atoms with Gasteiger partial charge < -0.3 is 10.2 Å². The first kappa shape index (κ1) is 29.1. The van der Waals surface area contributed by atoms with E-state index < -0.39 is 33.4 Å². The molecule has 0 radical (unpaired) electrons. The van der Waals surface area contributed by atoms with Crippen molar-refractivity contribution in [1.82, 2.24) is 10.2 Å². The van der Waals surface area contributed by atoms with E-state index in [1.54, 1.807) is 31.2 Å². The molecular formula is C24H31ClN4O6S. The molecule has 0 saturated heterocycles. The quantitative estimate of drug-likeness (QED) is 0.323. The van der Waals surface area contributed by atoms with Crippen molar-refractivity contribution >= 4 is 44.8 Å². The fourth-order valence-electron chi connectivity index (χ4n) is 3.55. The van der Waals surface area contributed by atoms with Gasteiger partial charge in [-0.3, -0.25) is 24.0 Å². The van der Waals surface area contributed by atoms with E-state index in [4.69, 9.17) is 11.6 Å². The summed E-state index contributed by atoms with van der Waals surface area (Å²) in [4.78, 5) is 38.6. The minimum Gasteiger partial charge on any atom is -0.352 e. The number of carbonyl (C=O) groups excluding carboxylic acids is 2. The Labute approximate surface area is 216 Å². The third-order valence-corrected chi connectivity index (χ3v) is 7.20. The SMILES string of the molecule is CC[C@H](C)NC(=O)[C@H](CC)N(Cc1ccccc1Cl)C(=O)CN(c1cccc([N+](=O)[O-])c1)S(C)(=O)=O. The molecule has 36 heavy (non-hydrogen) atoms. The Morgan fingerprint density at radius 1 is 1.11 bits per heavy atom. The number of nitrogens with one attached hydrogen (secondary N) is 1. The molecule has 0 aliphatic rings. The number of non-ortho nitro benzene ring substituents is 1. The van der Waals surface area contributed by atoms with Crippen molar-refractivity contribution in [2.75, 3.05) is 17.1 Å². The Balaban J connectivity index is 2.49. The van der Waals surface area contributed by atoms with Gasteiger partial charge in [0.25, 0.3) is 5.69 Å². The van der Waals surface area contributed by atoms with Crippen LogP contribution in [0.2, 0.25) is 5.02 Å². The first-order chi connectivity index (χ1) is 16.9. The van der Waals surface area contributed by atoms with Crippen LogP contribution in [0.15, 0.2) is 48.5 Å². The second kappa shape index (κ2) is 12.7. The zero-order chi connectivity index (χ0) is 27.0. The lowest BCUT2D eigenvalue weighted by molar-refractivity contribution is -0.384. The first-order valence-electron chi connectivity index (χ1n) is 11.4. The molecule has 0 bridgehead atoms. The molecule has 0 saturated carbocycles. The third kappa shape index (κ3) is 7.66. The molecule has 2 atom stereocenters. The van der Waals surface area contributed by atoms with E-state index in [9.17, 15) is 28.1 Å². The number of amides is 2. The zero-order valence-electron chi connectivity index (χ0n) is 20.7. The van der Waals surface area contributed by atoms with Crippen LogP contribution < -0.4 is 9.62 Å². The second-order valence-electron chi connectivity index (χ2n) is 8.40. The molecule has 2 aromatic carbocycles. The van der Waals surface area contributed by atoms with Crippen LogP contribution in [0, 0.1) is 10.1 Å². The largest absolute Gasteiger partial charge is 0.352 e. The Hall–Kier alpha value is -3.18. The number of anilines is 1. The highest BCUT2D eigenvalue weighted by Crippen LogP contribution is 2.25. The van der Waals surface area contributed by atoms with Crippen molar-refractivity contribution in [3.63, 3.8) is 0 Å². The summed E-state index contributed by atoms with van der Waals surface area (Å²) in [5.74, 6) is -1.02. The van der Waals surface area contributed by atoms with Crippen molar-refractivity contribution in [2.24, 2.45) is 0 Å². The van der Waals surface area contributed by atoms with Crippen molar-refractivity contribution in [3.05, 3.63) is 69.2 Å². The highest BCUT2D eigenvalue weighted by Gasteiger charge is 2.32.